The number of aliphatic hydroxyl groups is 1. The number of hydrogen-bond acceptors (Lipinski definition) is 2. The maximum Gasteiger partial charge on any atom is 0.197 e. The first-order valence-electron chi connectivity index (χ1n) is 10.2. The van der Waals surface area contributed by atoms with Crippen molar-refractivity contribution in [2.45, 2.75) is 19.4 Å². The van der Waals surface area contributed by atoms with Crippen LogP contribution in [0.1, 0.15) is 23.5 Å². The zero-order chi connectivity index (χ0) is 23.3. The second-order valence-electron chi connectivity index (χ2n) is 6.80. The molecule has 0 spiro atoms. The summed E-state index contributed by atoms with van der Waals surface area (Å²) in [6.45, 7) is 5.86. The fraction of sp³-hybridized carbons (Fsp3) is 0.130. The van der Waals surface area contributed by atoms with Crippen LogP contribution in [0.5, 0.6) is 0 Å². The second-order valence-corrected chi connectivity index (χ2v) is 6.80. The van der Waals surface area contributed by atoms with E-state index in [-0.39, 0.29) is 22.4 Å². The summed E-state index contributed by atoms with van der Waals surface area (Å²) in [7, 11) is 0. The standard InChI is InChI=1S/C23H17F2N3O/c1-23(2,29)14-7-10-21-20(11-14)27-13-28(21)15-8-9-17(24)16(12-15)22-18(25)5-4-6-19(22)26-3/h4-13,29H,1-2H3/i1D3. The van der Waals surface area contributed by atoms with Crippen molar-refractivity contribution in [2.24, 2.45) is 0 Å². The molecule has 0 bridgehead atoms. The summed E-state index contributed by atoms with van der Waals surface area (Å²) in [6.07, 6.45) is 1.46. The van der Waals surface area contributed by atoms with Crippen LogP contribution in [0.3, 0.4) is 0 Å². The molecule has 1 atom stereocenters. The maximum atomic E-state index is 14.6. The summed E-state index contributed by atoms with van der Waals surface area (Å²) in [5, 5.41) is 10.5. The van der Waals surface area contributed by atoms with Crippen molar-refractivity contribution in [3.63, 3.8) is 0 Å². The van der Waals surface area contributed by atoms with Crippen LogP contribution >= 0.6 is 0 Å². The molecule has 0 saturated carbocycles. The van der Waals surface area contributed by atoms with Crippen LogP contribution in [-0.4, -0.2) is 14.7 Å². The molecule has 144 valence electrons. The molecule has 4 rings (SSSR count). The van der Waals surface area contributed by atoms with Crippen molar-refractivity contribution in [3.05, 3.63) is 89.5 Å². The highest BCUT2D eigenvalue weighted by Gasteiger charge is 2.19. The largest absolute Gasteiger partial charge is 0.386 e. The average Bonchev–Trinajstić information content (AvgIpc) is 3.16. The van der Waals surface area contributed by atoms with Gasteiger partial charge in [0.25, 0.3) is 0 Å². The lowest BCUT2D eigenvalue weighted by Gasteiger charge is -2.17. The molecule has 0 aliphatic rings. The van der Waals surface area contributed by atoms with E-state index in [1.807, 2.05) is 0 Å². The van der Waals surface area contributed by atoms with Gasteiger partial charge in [-0.05, 0) is 55.7 Å². The van der Waals surface area contributed by atoms with Crippen molar-refractivity contribution >= 4 is 16.7 Å². The molecule has 3 aromatic carbocycles. The summed E-state index contributed by atoms with van der Waals surface area (Å²) in [5.41, 5.74) is -0.598. The Morgan fingerprint density at radius 2 is 1.97 bits per heavy atom. The molecule has 0 saturated heterocycles. The quantitative estimate of drug-likeness (QED) is 0.451. The topological polar surface area (TPSA) is 42.4 Å². The molecular formula is C23H17F2N3O. The van der Waals surface area contributed by atoms with Gasteiger partial charge in [0.1, 0.15) is 18.0 Å². The molecule has 1 aromatic heterocycles. The number of halogens is 2. The van der Waals surface area contributed by atoms with Gasteiger partial charge in [0.2, 0.25) is 0 Å². The van der Waals surface area contributed by atoms with Crippen molar-refractivity contribution in [1.29, 1.82) is 0 Å². The van der Waals surface area contributed by atoms with Crippen molar-refractivity contribution in [3.8, 4) is 16.8 Å². The van der Waals surface area contributed by atoms with Gasteiger partial charge in [-0.25, -0.2) is 18.6 Å². The number of nitrogens with zero attached hydrogens (tertiary/aromatic N) is 3. The van der Waals surface area contributed by atoms with Crippen LogP contribution in [0.2, 0.25) is 0 Å². The molecule has 4 aromatic rings. The molecule has 1 N–H and O–H groups in total. The van der Waals surface area contributed by atoms with Crippen molar-refractivity contribution in [2.75, 3.05) is 0 Å². The van der Waals surface area contributed by atoms with E-state index in [1.54, 1.807) is 10.6 Å². The third kappa shape index (κ3) is 3.26. The van der Waals surface area contributed by atoms with Crippen LogP contribution in [0, 0.1) is 18.2 Å². The van der Waals surface area contributed by atoms with Gasteiger partial charge in [-0.3, -0.25) is 4.57 Å². The average molecular weight is 392 g/mol. The summed E-state index contributed by atoms with van der Waals surface area (Å²) in [4.78, 5) is 7.58. The number of imidazole rings is 1. The predicted molar refractivity (Wildman–Crippen MR) is 108 cm³/mol. The van der Waals surface area contributed by atoms with Crippen LogP contribution < -0.4 is 0 Å². The van der Waals surface area contributed by atoms with Gasteiger partial charge in [0.05, 0.1) is 23.2 Å². The second kappa shape index (κ2) is 6.80. The summed E-state index contributed by atoms with van der Waals surface area (Å²) in [5.74, 6) is -1.38. The molecule has 1 unspecified atom stereocenters. The van der Waals surface area contributed by atoms with E-state index in [0.717, 1.165) is 0 Å². The number of aromatic nitrogens is 2. The van der Waals surface area contributed by atoms with Crippen LogP contribution in [0.4, 0.5) is 14.5 Å². The highest BCUT2D eigenvalue weighted by atomic mass is 19.1. The Labute approximate surface area is 170 Å². The minimum atomic E-state index is -2.63. The zero-order valence-electron chi connectivity index (χ0n) is 18.3. The lowest BCUT2D eigenvalue weighted by molar-refractivity contribution is 0.0787. The van der Waals surface area contributed by atoms with Crippen LogP contribution in [0.25, 0.3) is 32.7 Å². The Morgan fingerprint density at radius 1 is 1.14 bits per heavy atom. The zero-order valence-corrected chi connectivity index (χ0v) is 15.3. The number of benzene rings is 3. The summed E-state index contributed by atoms with van der Waals surface area (Å²) < 4.78 is 53.4. The number of rotatable bonds is 3. The van der Waals surface area contributed by atoms with Gasteiger partial charge in [-0.2, -0.15) is 0 Å². The highest BCUT2D eigenvalue weighted by molar-refractivity contribution is 5.82. The molecule has 0 aliphatic carbocycles. The molecule has 0 aliphatic heterocycles. The Morgan fingerprint density at radius 3 is 2.72 bits per heavy atom. The number of fused-ring (bicyclic) bond motifs is 1. The van der Waals surface area contributed by atoms with Crippen molar-refractivity contribution < 1.29 is 18.0 Å². The lowest BCUT2D eigenvalue weighted by atomic mass is 9.98. The third-order valence-corrected chi connectivity index (χ3v) is 4.72. The number of hydrogen-bond donors (Lipinski definition) is 1. The SMILES string of the molecule is [2H]C([2H])([2H])C(C)(O)c1ccc2c(c1)ncn2-c1ccc(F)c(-c2c(F)cccc2[N+]#[C-])c1. The monoisotopic (exact) mass is 392 g/mol. The fourth-order valence-electron chi connectivity index (χ4n) is 3.25. The van der Waals surface area contributed by atoms with E-state index in [1.165, 1.54) is 61.8 Å². The smallest absolute Gasteiger partial charge is 0.197 e. The van der Waals surface area contributed by atoms with E-state index in [2.05, 4.69) is 9.83 Å². The van der Waals surface area contributed by atoms with Crippen LogP contribution in [0.15, 0.2) is 60.9 Å². The minimum absolute atomic E-state index is 0.00641. The summed E-state index contributed by atoms with van der Waals surface area (Å²) >= 11 is 0. The van der Waals surface area contributed by atoms with Crippen LogP contribution in [-0.2, 0) is 5.60 Å². The van der Waals surface area contributed by atoms with Gasteiger partial charge < -0.3 is 5.11 Å². The molecule has 6 heteroatoms. The highest BCUT2D eigenvalue weighted by Crippen LogP contribution is 2.36. The first-order chi connectivity index (χ1) is 15.0. The van der Waals surface area contributed by atoms with Gasteiger partial charge in [0.15, 0.2) is 5.69 Å². The Balaban J connectivity index is 1.85. The van der Waals surface area contributed by atoms with E-state index in [9.17, 15) is 13.9 Å². The Hall–Kier alpha value is -3.56. The van der Waals surface area contributed by atoms with E-state index in [4.69, 9.17) is 10.7 Å². The Bertz CT molecular complexity index is 1390. The normalized spacial score (nSPS) is 15.2. The molecule has 0 fully saturated rings. The van der Waals surface area contributed by atoms with Gasteiger partial charge >= 0.3 is 0 Å². The lowest BCUT2D eigenvalue weighted by Crippen LogP contribution is -2.15. The van der Waals surface area contributed by atoms with Gasteiger partial charge in [0, 0.05) is 20.9 Å². The van der Waals surface area contributed by atoms with E-state index >= 15 is 0 Å². The van der Waals surface area contributed by atoms with E-state index in [0.29, 0.717) is 16.7 Å². The molecule has 1 heterocycles. The molecular weight excluding hydrogens is 372 g/mol. The van der Waals surface area contributed by atoms with Crippen molar-refractivity contribution in [1.82, 2.24) is 9.55 Å². The molecule has 0 radical (unpaired) electrons. The van der Waals surface area contributed by atoms with Gasteiger partial charge in [-0.1, -0.05) is 18.2 Å². The molecule has 29 heavy (non-hydrogen) atoms. The summed E-state index contributed by atoms with van der Waals surface area (Å²) in [6, 6.07) is 12.7. The minimum Gasteiger partial charge on any atom is -0.386 e. The third-order valence-electron chi connectivity index (χ3n) is 4.72. The first-order valence-corrected chi connectivity index (χ1v) is 8.71. The maximum absolute atomic E-state index is 14.6. The Kier molecular flexibility index (Phi) is 3.60. The first kappa shape index (κ1) is 15.4. The van der Waals surface area contributed by atoms with Gasteiger partial charge in [-0.15, -0.1) is 0 Å². The fourth-order valence-corrected chi connectivity index (χ4v) is 3.25. The molecule has 0 amide bonds. The van der Waals surface area contributed by atoms with E-state index < -0.39 is 24.1 Å². The predicted octanol–water partition coefficient (Wildman–Crippen LogP) is 5.75. The molecule has 4 nitrogen and oxygen atoms in total.